The van der Waals surface area contributed by atoms with Crippen LogP contribution in [0.4, 0.5) is 0 Å². The molecule has 0 aliphatic heterocycles. The Morgan fingerprint density at radius 3 is 2.30 bits per heavy atom. The highest BCUT2D eigenvalue weighted by Gasteiger charge is 2.17. The van der Waals surface area contributed by atoms with Crippen molar-refractivity contribution in [3.8, 4) is 11.5 Å². The Morgan fingerprint density at radius 1 is 1.05 bits per heavy atom. The number of hydrogen-bond acceptors (Lipinski definition) is 4. The average molecular weight is 337 g/mol. The molecule has 0 bridgehead atoms. The Bertz CT molecular complexity index is 573. The maximum absolute atomic E-state index is 5.72. The Hall–Kier alpha value is -1.56. The van der Waals surface area contributed by atoms with Crippen molar-refractivity contribution >= 4 is 15.9 Å². The van der Waals surface area contributed by atoms with Crippen molar-refractivity contribution in [2.24, 2.45) is 5.84 Å². The summed E-state index contributed by atoms with van der Waals surface area (Å²) in [5.41, 5.74) is 4.84. The zero-order valence-electron chi connectivity index (χ0n) is 11.4. The van der Waals surface area contributed by atoms with E-state index >= 15 is 0 Å². The molecule has 2 rings (SSSR count). The highest BCUT2D eigenvalue weighted by molar-refractivity contribution is 9.10. The van der Waals surface area contributed by atoms with Gasteiger partial charge in [-0.3, -0.25) is 5.84 Å². The van der Waals surface area contributed by atoms with Crippen LogP contribution in [0.15, 0.2) is 46.9 Å². The van der Waals surface area contributed by atoms with Gasteiger partial charge in [-0.1, -0.05) is 34.1 Å². The maximum atomic E-state index is 5.72. The van der Waals surface area contributed by atoms with E-state index < -0.39 is 0 Å². The first kappa shape index (κ1) is 14.8. The molecule has 2 aromatic rings. The van der Waals surface area contributed by atoms with E-state index in [2.05, 4.69) is 21.4 Å². The first-order chi connectivity index (χ1) is 9.69. The predicted molar refractivity (Wildman–Crippen MR) is 82.9 cm³/mol. The quantitative estimate of drug-likeness (QED) is 0.651. The van der Waals surface area contributed by atoms with Gasteiger partial charge in [0.1, 0.15) is 11.5 Å². The Labute approximate surface area is 127 Å². The van der Waals surface area contributed by atoms with Crippen LogP contribution in [-0.4, -0.2) is 14.2 Å². The van der Waals surface area contributed by atoms with Gasteiger partial charge in [-0.15, -0.1) is 0 Å². The fourth-order valence-corrected chi connectivity index (χ4v) is 2.43. The minimum absolute atomic E-state index is 0.149. The third kappa shape index (κ3) is 3.12. The molecule has 0 aliphatic rings. The largest absolute Gasteiger partial charge is 0.497 e. The van der Waals surface area contributed by atoms with Gasteiger partial charge in [0.15, 0.2) is 0 Å². The molecule has 106 valence electrons. The third-order valence-corrected chi connectivity index (χ3v) is 3.62. The first-order valence-electron chi connectivity index (χ1n) is 6.13. The molecule has 1 unspecified atom stereocenters. The Kier molecular flexibility index (Phi) is 5.00. The smallest absolute Gasteiger partial charge is 0.125 e. The van der Waals surface area contributed by atoms with E-state index in [1.807, 2.05) is 42.5 Å². The summed E-state index contributed by atoms with van der Waals surface area (Å²) in [4.78, 5) is 0. The summed E-state index contributed by atoms with van der Waals surface area (Å²) in [6.07, 6.45) is 0. The Balaban J connectivity index is 2.40. The molecule has 0 heterocycles. The van der Waals surface area contributed by atoms with Crippen LogP contribution >= 0.6 is 15.9 Å². The number of halogens is 1. The molecule has 0 saturated carbocycles. The lowest BCUT2D eigenvalue weighted by molar-refractivity contribution is 0.403. The van der Waals surface area contributed by atoms with Gasteiger partial charge in [0.05, 0.1) is 20.3 Å². The van der Waals surface area contributed by atoms with E-state index in [0.29, 0.717) is 0 Å². The predicted octanol–water partition coefficient (Wildman–Crippen LogP) is 3.02. The molecule has 1 atom stereocenters. The molecule has 0 spiro atoms. The van der Waals surface area contributed by atoms with Gasteiger partial charge in [0.25, 0.3) is 0 Å². The van der Waals surface area contributed by atoms with E-state index in [4.69, 9.17) is 15.3 Å². The highest BCUT2D eigenvalue weighted by Crippen LogP contribution is 2.32. The lowest BCUT2D eigenvalue weighted by Crippen LogP contribution is -2.29. The van der Waals surface area contributed by atoms with Crippen LogP contribution in [0.5, 0.6) is 11.5 Å². The molecule has 0 radical (unpaired) electrons. The second kappa shape index (κ2) is 6.74. The number of methoxy groups -OCH3 is 2. The second-order valence-corrected chi connectivity index (χ2v) is 5.17. The molecular weight excluding hydrogens is 320 g/mol. The topological polar surface area (TPSA) is 56.5 Å². The fourth-order valence-electron chi connectivity index (χ4n) is 2.09. The van der Waals surface area contributed by atoms with E-state index in [9.17, 15) is 0 Å². The number of rotatable bonds is 5. The van der Waals surface area contributed by atoms with Crippen molar-refractivity contribution in [1.29, 1.82) is 0 Å². The second-order valence-electron chi connectivity index (χ2n) is 4.26. The summed E-state index contributed by atoms with van der Waals surface area (Å²) in [5, 5.41) is 0. The van der Waals surface area contributed by atoms with Gasteiger partial charge in [-0.25, -0.2) is 5.43 Å². The Morgan fingerprint density at radius 2 is 1.75 bits per heavy atom. The van der Waals surface area contributed by atoms with Crippen molar-refractivity contribution in [3.63, 3.8) is 0 Å². The molecular formula is C15H17BrN2O2. The van der Waals surface area contributed by atoms with E-state index in [1.54, 1.807) is 14.2 Å². The van der Waals surface area contributed by atoms with Crippen molar-refractivity contribution in [2.45, 2.75) is 6.04 Å². The van der Waals surface area contributed by atoms with Crippen LogP contribution in [0.1, 0.15) is 17.2 Å². The fraction of sp³-hybridized carbons (Fsp3) is 0.200. The van der Waals surface area contributed by atoms with Crippen molar-refractivity contribution in [2.75, 3.05) is 14.2 Å². The number of nitrogens with two attached hydrogens (primary N) is 1. The summed E-state index contributed by atoms with van der Waals surface area (Å²) in [7, 11) is 3.29. The molecule has 2 aromatic carbocycles. The molecule has 0 aliphatic carbocycles. The van der Waals surface area contributed by atoms with Crippen molar-refractivity contribution < 1.29 is 9.47 Å². The van der Waals surface area contributed by atoms with Crippen LogP contribution in [0.25, 0.3) is 0 Å². The lowest BCUT2D eigenvalue weighted by atomic mass is 9.98. The summed E-state index contributed by atoms with van der Waals surface area (Å²) in [6.45, 7) is 0. The van der Waals surface area contributed by atoms with Crippen molar-refractivity contribution in [3.05, 3.63) is 58.1 Å². The molecule has 0 saturated heterocycles. The highest BCUT2D eigenvalue weighted by atomic mass is 79.9. The van der Waals surface area contributed by atoms with E-state index in [1.165, 1.54) is 0 Å². The van der Waals surface area contributed by atoms with Crippen LogP contribution in [0.2, 0.25) is 0 Å². The molecule has 5 heteroatoms. The molecule has 20 heavy (non-hydrogen) atoms. The van der Waals surface area contributed by atoms with Gasteiger partial charge in [0, 0.05) is 10.0 Å². The van der Waals surface area contributed by atoms with Gasteiger partial charge in [-0.2, -0.15) is 0 Å². The van der Waals surface area contributed by atoms with Gasteiger partial charge >= 0.3 is 0 Å². The third-order valence-electron chi connectivity index (χ3n) is 3.12. The minimum Gasteiger partial charge on any atom is -0.497 e. The molecule has 0 aromatic heterocycles. The maximum Gasteiger partial charge on any atom is 0.125 e. The minimum atomic E-state index is -0.149. The van der Waals surface area contributed by atoms with E-state index in [0.717, 1.165) is 27.1 Å². The molecule has 3 N–H and O–H groups in total. The number of benzene rings is 2. The zero-order chi connectivity index (χ0) is 14.5. The average Bonchev–Trinajstić information content (AvgIpc) is 2.50. The number of ether oxygens (including phenoxy) is 2. The monoisotopic (exact) mass is 336 g/mol. The first-order valence-corrected chi connectivity index (χ1v) is 6.92. The van der Waals surface area contributed by atoms with E-state index in [-0.39, 0.29) is 6.04 Å². The number of hydrazine groups is 1. The summed E-state index contributed by atoms with van der Waals surface area (Å²) >= 11 is 3.44. The van der Waals surface area contributed by atoms with Crippen LogP contribution in [0.3, 0.4) is 0 Å². The molecule has 0 amide bonds. The standard InChI is InChI=1S/C15H17BrN2O2/c1-19-12-6-3-10(4-7-12)15(18-17)13-8-5-11(16)9-14(13)20-2/h3-9,15,18H,17H2,1-2H3. The van der Waals surface area contributed by atoms with Crippen LogP contribution in [-0.2, 0) is 0 Å². The molecule has 4 nitrogen and oxygen atoms in total. The summed E-state index contributed by atoms with van der Waals surface area (Å²) in [5.74, 6) is 7.31. The molecule has 0 fully saturated rings. The van der Waals surface area contributed by atoms with Gasteiger partial charge < -0.3 is 9.47 Å². The zero-order valence-corrected chi connectivity index (χ0v) is 13.0. The van der Waals surface area contributed by atoms with Gasteiger partial charge in [-0.05, 0) is 29.8 Å². The normalized spacial score (nSPS) is 12.0. The lowest BCUT2D eigenvalue weighted by Gasteiger charge is -2.20. The summed E-state index contributed by atoms with van der Waals surface area (Å²) in [6, 6.07) is 13.5. The van der Waals surface area contributed by atoms with Gasteiger partial charge in [0.2, 0.25) is 0 Å². The number of nitrogens with one attached hydrogen (secondary N) is 1. The van der Waals surface area contributed by atoms with Crippen LogP contribution in [0, 0.1) is 0 Å². The summed E-state index contributed by atoms with van der Waals surface area (Å²) < 4.78 is 11.6. The SMILES string of the molecule is COc1ccc(C(NN)c2ccc(Br)cc2OC)cc1. The number of hydrogen-bond donors (Lipinski definition) is 2. The van der Waals surface area contributed by atoms with Crippen molar-refractivity contribution in [1.82, 2.24) is 5.43 Å². The van der Waals surface area contributed by atoms with Crippen LogP contribution < -0.4 is 20.7 Å².